The normalized spacial score (nSPS) is 10.8. The maximum atomic E-state index is 13.0. The Morgan fingerprint density at radius 2 is 1.81 bits per heavy atom. The minimum atomic E-state index is -1.21. The third-order valence-electron chi connectivity index (χ3n) is 3.89. The third kappa shape index (κ3) is 7.14. The van der Waals surface area contributed by atoms with Gasteiger partial charge in [0.25, 0.3) is 5.91 Å². The van der Waals surface area contributed by atoms with E-state index in [1.165, 1.54) is 12.0 Å². The highest BCUT2D eigenvalue weighted by Gasteiger charge is 2.25. The molecule has 0 bridgehead atoms. The summed E-state index contributed by atoms with van der Waals surface area (Å²) < 4.78 is 5.02. The molecular weight excluding hydrogens is 407 g/mol. The van der Waals surface area contributed by atoms with E-state index in [1.807, 2.05) is 47.8 Å². The number of ether oxygens (including phenoxy) is 1. The van der Waals surface area contributed by atoms with Crippen molar-refractivity contribution in [3.8, 4) is 0 Å². The van der Waals surface area contributed by atoms with Gasteiger partial charge >= 0.3 is 0 Å². The molecule has 2 amide bonds. The van der Waals surface area contributed by atoms with E-state index in [-0.39, 0.29) is 19.0 Å². The molecule has 0 spiro atoms. The zero-order valence-electron chi connectivity index (χ0n) is 15.0. The zero-order chi connectivity index (χ0) is 19.6. The number of halogens is 2. The van der Waals surface area contributed by atoms with Crippen molar-refractivity contribution in [1.29, 1.82) is 0 Å². The van der Waals surface area contributed by atoms with Crippen LogP contribution in [0.4, 0.5) is 0 Å². The molecule has 2 aromatic rings. The fraction of sp³-hybridized carbons (Fsp3) is 0.368. The van der Waals surface area contributed by atoms with E-state index in [2.05, 4.69) is 0 Å². The molecule has 0 radical (unpaired) electrons. The average Bonchev–Trinajstić information content (AvgIpc) is 3.17. The molecular formula is C19H22Cl2N2O3S. The minimum absolute atomic E-state index is 0.101. The number of carbonyl (C=O) groups excluding carboxylic acids is 2. The lowest BCUT2D eigenvalue weighted by molar-refractivity contribution is -0.140. The second-order valence-electron chi connectivity index (χ2n) is 5.87. The van der Waals surface area contributed by atoms with Crippen molar-refractivity contribution in [2.45, 2.75) is 17.9 Å². The molecule has 0 N–H and O–H groups in total. The molecule has 0 aliphatic heterocycles. The summed E-state index contributed by atoms with van der Waals surface area (Å²) in [6.45, 7) is 1.37. The van der Waals surface area contributed by atoms with Gasteiger partial charge in [0, 0.05) is 25.1 Å². The Bertz CT molecular complexity index is 711. The molecule has 0 unspecified atom stereocenters. The summed E-state index contributed by atoms with van der Waals surface area (Å²) in [5.41, 5.74) is 1.02. The minimum Gasteiger partial charge on any atom is -0.383 e. The first-order valence-electron chi connectivity index (χ1n) is 8.41. The summed E-state index contributed by atoms with van der Waals surface area (Å²) in [4.78, 5) is 28.1. The molecule has 27 heavy (non-hydrogen) atoms. The summed E-state index contributed by atoms with van der Waals surface area (Å²) in [6.07, 6.45) is 0. The third-order valence-corrected chi connectivity index (χ3v) is 5.12. The van der Waals surface area contributed by atoms with Gasteiger partial charge in [-0.1, -0.05) is 59.6 Å². The van der Waals surface area contributed by atoms with Crippen LogP contribution in [-0.2, 0) is 27.4 Å². The lowest BCUT2D eigenvalue weighted by atomic mass is 10.2. The van der Waals surface area contributed by atoms with Gasteiger partial charge in [-0.15, -0.1) is 11.3 Å². The molecule has 1 aromatic carbocycles. The lowest BCUT2D eigenvalue weighted by Crippen LogP contribution is -2.45. The van der Waals surface area contributed by atoms with Crippen LogP contribution < -0.4 is 0 Å². The lowest BCUT2D eigenvalue weighted by Gasteiger charge is -2.28. The van der Waals surface area contributed by atoms with E-state index < -0.39 is 10.7 Å². The van der Waals surface area contributed by atoms with Crippen LogP contribution in [0.2, 0.25) is 0 Å². The van der Waals surface area contributed by atoms with Crippen molar-refractivity contribution >= 4 is 46.4 Å². The van der Waals surface area contributed by atoms with Crippen molar-refractivity contribution in [1.82, 2.24) is 9.80 Å². The Balaban J connectivity index is 2.13. The van der Waals surface area contributed by atoms with Crippen LogP contribution >= 0.6 is 34.5 Å². The molecule has 2 rings (SSSR count). The van der Waals surface area contributed by atoms with Gasteiger partial charge in [0.05, 0.1) is 19.7 Å². The van der Waals surface area contributed by atoms with E-state index in [0.717, 1.165) is 10.4 Å². The Labute approximate surface area is 173 Å². The van der Waals surface area contributed by atoms with Gasteiger partial charge in [-0.2, -0.15) is 0 Å². The largest absolute Gasteiger partial charge is 0.383 e. The van der Waals surface area contributed by atoms with E-state index in [1.54, 1.807) is 16.2 Å². The molecule has 0 atom stereocenters. The standard InChI is InChI=1S/C19H22Cl2N2O3S/c1-26-10-9-22(19(25)18(20)21)14-17(24)23(13-16-8-5-11-27-16)12-15-6-3-2-4-7-15/h2-8,11,18H,9-10,12-14H2,1H3. The smallest absolute Gasteiger partial charge is 0.256 e. The number of hydrogen-bond acceptors (Lipinski definition) is 4. The molecule has 0 saturated carbocycles. The van der Waals surface area contributed by atoms with E-state index >= 15 is 0 Å². The van der Waals surface area contributed by atoms with Crippen molar-refractivity contribution < 1.29 is 14.3 Å². The van der Waals surface area contributed by atoms with Crippen molar-refractivity contribution in [3.63, 3.8) is 0 Å². The fourth-order valence-corrected chi connectivity index (χ4v) is 3.49. The molecule has 146 valence electrons. The number of methoxy groups -OCH3 is 1. The summed E-state index contributed by atoms with van der Waals surface area (Å²) in [6, 6.07) is 13.7. The van der Waals surface area contributed by atoms with Crippen LogP contribution in [0.3, 0.4) is 0 Å². The first kappa shape index (κ1) is 21.7. The fourth-order valence-electron chi connectivity index (χ4n) is 2.50. The van der Waals surface area contributed by atoms with Crippen LogP contribution in [0, 0.1) is 0 Å². The van der Waals surface area contributed by atoms with Crippen LogP contribution in [0.5, 0.6) is 0 Å². The summed E-state index contributed by atoms with van der Waals surface area (Å²) in [5, 5.41) is 1.97. The predicted molar refractivity (Wildman–Crippen MR) is 109 cm³/mol. The summed E-state index contributed by atoms with van der Waals surface area (Å²) in [7, 11) is 1.53. The number of benzene rings is 1. The van der Waals surface area contributed by atoms with Gasteiger partial charge in [0.15, 0.2) is 4.84 Å². The molecule has 1 heterocycles. The highest BCUT2D eigenvalue weighted by atomic mass is 35.5. The Morgan fingerprint density at radius 3 is 2.41 bits per heavy atom. The second-order valence-corrected chi connectivity index (χ2v) is 8.00. The Hall–Kier alpha value is -1.60. The highest BCUT2D eigenvalue weighted by molar-refractivity contribution is 7.09. The molecule has 0 saturated heterocycles. The predicted octanol–water partition coefficient (Wildman–Crippen LogP) is 3.56. The van der Waals surface area contributed by atoms with Gasteiger partial charge in [0.1, 0.15) is 0 Å². The van der Waals surface area contributed by atoms with E-state index in [4.69, 9.17) is 27.9 Å². The topological polar surface area (TPSA) is 49.9 Å². The second kappa shape index (κ2) is 11.3. The molecule has 0 aliphatic carbocycles. The molecule has 1 aromatic heterocycles. The highest BCUT2D eigenvalue weighted by Crippen LogP contribution is 2.16. The maximum absolute atomic E-state index is 13.0. The number of amides is 2. The van der Waals surface area contributed by atoms with Crippen LogP contribution in [-0.4, -0.2) is 53.3 Å². The Kier molecular flexibility index (Phi) is 9.07. The molecule has 0 aliphatic rings. The summed E-state index contributed by atoms with van der Waals surface area (Å²) in [5.74, 6) is -0.676. The molecule has 5 nitrogen and oxygen atoms in total. The molecule has 0 fully saturated rings. The van der Waals surface area contributed by atoms with Gasteiger partial charge < -0.3 is 14.5 Å². The number of carbonyl (C=O) groups is 2. The number of nitrogens with zero attached hydrogens (tertiary/aromatic N) is 2. The van der Waals surface area contributed by atoms with Crippen LogP contribution in [0.25, 0.3) is 0 Å². The van der Waals surface area contributed by atoms with Gasteiger partial charge in [-0.3, -0.25) is 9.59 Å². The first-order valence-corrected chi connectivity index (χ1v) is 10.2. The van der Waals surface area contributed by atoms with Crippen LogP contribution in [0.1, 0.15) is 10.4 Å². The number of thiophene rings is 1. The monoisotopic (exact) mass is 428 g/mol. The molecule has 8 heteroatoms. The SMILES string of the molecule is COCCN(CC(=O)N(Cc1ccccc1)Cc1cccs1)C(=O)C(Cl)Cl. The van der Waals surface area contributed by atoms with E-state index in [0.29, 0.717) is 19.7 Å². The van der Waals surface area contributed by atoms with Crippen molar-refractivity contribution in [2.75, 3.05) is 26.8 Å². The van der Waals surface area contributed by atoms with Gasteiger partial charge in [-0.05, 0) is 17.0 Å². The van der Waals surface area contributed by atoms with E-state index in [9.17, 15) is 9.59 Å². The van der Waals surface area contributed by atoms with Crippen molar-refractivity contribution in [3.05, 3.63) is 58.3 Å². The van der Waals surface area contributed by atoms with Gasteiger partial charge in [0.2, 0.25) is 5.91 Å². The summed E-state index contributed by atoms with van der Waals surface area (Å²) >= 11 is 13.0. The maximum Gasteiger partial charge on any atom is 0.256 e. The van der Waals surface area contributed by atoms with Crippen LogP contribution in [0.15, 0.2) is 47.8 Å². The van der Waals surface area contributed by atoms with Gasteiger partial charge in [-0.25, -0.2) is 0 Å². The zero-order valence-corrected chi connectivity index (χ0v) is 17.3. The quantitative estimate of drug-likeness (QED) is 0.543. The van der Waals surface area contributed by atoms with Crippen molar-refractivity contribution in [2.24, 2.45) is 0 Å². The average molecular weight is 429 g/mol. The number of rotatable bonds is 10. The number of alkyl halides is 2. The Morgan fingerprint density at radius 1 is 1.07 bits per heavy atom. The first-order chi connectivity index (χ1) is 13.0. The number of hydrogen-bond donors (Lipinski definition) is 0.